The standard InChI is InChI=1S/C57H111NO4/c1-3-5-7-9-11-13-15-17-19-21-23-24-25-26-27-28-29-30-31-32-33-34-36-38-40-42-44-46-48-50-52-56(61)57(62)58-54(53-59)55(60)51-49-47-45-43-41-39-37-35-22-20-18-16-14-12-10-8-6-4-2/h26-27,49,51,54-56,59-61H,3-25,28-48,50,52-53H2,1-2H3,(H,58,62)/b27-26-,51-49+. The third kappa shape index (κ3) is 46.8. The van der Waals surface area contributed by atoms with E-state index >= 15 is 0 Å². The molecule has 0 saturated heterocycles. The van der Waals surface area contributed by atoms with Crippen molar-refractivity contribution >= 4 is 5.91 Å². The van der Waals surface area contributed by atoms with Crippen LogP contribution in [0.3, 0.4) is 0 Å². The van der Waals surface area contributed by atoms with Crippen molar-refractivity contribution in [1.29, 1.82) is 0 Å². The van der Waals surface area contributed by atoms with Gasteiger partial charge in [-0.05, 0) is 44.9 Å². The SMILES string of the molecule is CCCCCCCCCCCCCC/C=C\CCCCCCCCCCCCCCCCC(O)C(=O)NC(CO)C(O)/C=C/CCCCCCCCCCCCCCCCCC. The van der Waals surface area contributed by atoms with Gasteiger partial charge in [-0.25, -0.2) is 0 Å². The van der Waals surface area contributed by atoms with Gasteiger partial charge in [0.05, 0.1) is 18.8 Å². The molecule has 0 aromatic heterocycles. The molecule has 0 fully saturated rings. The first-order valence-electron chi connectivity index (χ1n) is 28.2. The molecule has 3 atom stereocenters. The van der Waals surface area contributed by atoms with E-state index in [0.29, 0.717) is 6.42 Å². The predicted octanol–water partition coefficient (Wildman–Crippen LogP) is 17.3. The Hall–Kier alpha value is -1.17. The summed E-state index contributed by atoms with van der Waals surface area (Å²) in [5.74, 6) is -0.498. The van der Waals surface area contributed by atoms with E-state index in [-0.39, 0.29) is 6.61 Å². The molecule has 4 N–H and O–H groups in total. The third-order valence-corrected chi connectivity index (χ3v) is 13.3. The molecule has 0 saturated carbocycles. The van der Waals surface area contributed by atoms with Gasteiger partial charge in [-0.3, -0.25) is 4.79 Å². The molecular weight excluding hydrogens is 763 g/mol. The van der Waals surface area contributed by atoms with Gasteiger partial charge in [-0.15, -0.1) is 0 Å². The summed E-state index contributed by atoms with van der Waals surface area (Å²) >= 11 is 0. The third-order valence-electron chi connectivity index (χ3n) is 13.3. The number of hydrogen-bond acceptors (Lipinski definition) is 4. The first kappa shape index (κ1) is 60.8. The minimum atomic E-state index is -1.10. The van der Waals surface area contributed by atoms with E-state index in [1.807, 2.05) is 6.08 Å². The average Bonchev–Trinajstić information content (AvgIpc) is 3.28. The summed E-state index contributed by atoms with van der Waals surface area (Å²) in [4.78, 5) is 12.5. The van der Waals surface area contributed by atoms with Gasteiger partial charge < -0.3 is 20.6 Å². The summed E-state index contributed by atoms with van der Waals surface area (Å²) in [6.45, 7) is 4.22. The minimum Gasteiger partial charge on any atom is -0.394 e. The van der Waals surface area contributed by atoms with Crippen molar-refractivity contribution in [2.75, 3.05) is 6.61 Å². The molecule has 5 heteroatoms. The second-order valence-corrected chi connectivity index (χ2v) is 19.5. The Morgan fingerprint density at radius 3 is 0.935 bits per heavy atom. The summed E-state index contributed by atoms with van der Waals surface area (Å²) < 4.78 is 0. The number of carbonyl (C=O) groups is 1. The quantitative estimate of drug-likeness (QED) is 0.0362. The van der Waals surface area contributed by atoms with Gasteiger partial charge in [-0.2, -0.15) is 0 Å². The van der Waals surface area contributed by atoms with Gasteiger partial charge in [0.15, 0.2) is 0 Å². The van der Waals surface area contributed by atoms with Crippen LogP contribution in [0.1, 0.15) is 309 Å². The van der Waals surface area contributed by atoms with E-state index in [1.165, 1.54) is 257 Å². The molecule has 0 aromatic rings. The molecule has 368 valence electrons. The Bertz CT molecular complexity index is 920. The number of carbonyl (C=O) groups excluding carboxylic acids is 1. The fourth-order valence-corrected chi connectivity index (χ4v) is 8.89. The normalized spacial score (nSPS) is 13.4. The lowest BCUT2D eigenvalue weighted by atomic mass is 10.0. The zero-order valence-corrected chi connectivity index (χ0v) is 42.0. The molecule has 0 aliphatic heterocycles. The smallest absolute Gasteiger partial charge is 0.249 e. The highest BCUT2D eigenvalue weighted by Crippen LogP contribution is 2.17. The molecule has 0 bridgehead atoms. The molecule has 1 amide bonds. The molecule has 0 rings (SSSR count). The zero-order valence-electron chi connectivity index (χ0n) is 42.0. The lowest BCUT2D eigenvalue weighted by Gasteiger charge is -2.21. The van der Waals surface area contributed by atoms with Crippen LogP contribution in [0.15, 0.2) is 24.3 Å². The van der Waals surface area contributed by atoms with Crippen molar-refractivity contribution in [3.05, 3.63) is 24.3 Å². The Kier molecular flexibility index (Phi) is 51.5. The summed E-state index contributed by atoms with van der Waals surface area (Å²) in [5, 5.41) is 33.3. The molecule has 0 aromatic carbocycles. The second kappa shape index (κ2) is 52.5. The van der Waals surface area contributed by atoms with E-state index in [9.17, 15) is 20.1 Å². The van der Waals surface area contributed by atoms with Crippen molar-refractivity contribution in [2.45, 2.75) is 327 Å². The number of amides is 1. The molecule has 0 spiro atoms. The average molecular weight is 875 g/mol. The molecule has 5 nitrogen and oxygen atoms in total. The van der Waals surface area contributed by atoms with E-state index in [4.69, 9.17) is 0 Å². The lowest BCUT2D eigenvalue weighted by Crippen LogP contribution is -2.48. The number of aliphatic hydroxyl groups excluding tert-OH is 3. The summed E-state index contributed by atoms with van der Waals surface area (Å²) in [6, 6.07) is -0.796. The summed E-state index contributed by atoms with van der Waals surface area (Å²) in [6.07, 6.45) is 66.9. The van der Waals surface area contributed by atoms with Crippen molar-refractivity contribution in [3.8, 4) is 0 Å². The van der Waals surface area contributed by atoms with Crippen molar-refractivity contribution in [2.24, 2.45) is 0 Å². The molecule has 62 heavy (non-hydrogen) atoms. The highest BCUT2D eigenvalue weighted by atomic mass is 16.3. The Morgan fingerprint density at radius 2 is 0.645 bits per heavy atom. The van der Waals surface area contributed by atoms with Crippen LogP contribution in [0, 0.1) is 0 Å². The maximum absolute atomic E-state index is 12.5. The van der Waals surface area contributed by atoms with E-state index in [0.717, 1.165) is 32.1 Å². The van der Waals surface area contributed by atoms with Crippen LogP contribution < -0.4 is 5.32 Å². The van der Waals surface area contributed by atoms with Crippen LogP contribution in [0.4, 0.5) is 0 Å². The Balaban J connectivity index is 3.53. The minimum absolute atomic E-state index is 0.360. The topological polar surface area (TPSA) is 89.8 Å². The van der Waals surface area contributed by atoms with Gasteiger partial charge in [0.1, 0.15) is 6.10 Å². The fraction of sp³-hybridized carbons (Fsp3) is 0.912. The van der Waals surface area contributed by atoms with E-state index in [1.54, 1.807) is 6.08 Å². The maximum atomic E-state index is 12.5. The highest BCUT2D eigenvalue weighted by molar-refractivity contribution is 5.80. The highest BCUT2D eigenvalue weighted by Gasteiger charge is 2.22. The van der Waals surface area contributed by atoms with Crippen LogP contribution >= 0.6 is 0 Å². The number of rotatable bonds is 52. The Labute approximate surface area is 388 Å². The fourth-order valence-electron chi connectivity index (χ4n) is 8.89. The van der Waals surface area contributed by atoms with Gasteiger partial charge in [0.2, 0.25) is 5.91 Å². The van der Waals surface area contributed by atoms with Crippen LogP contribution in [0.5, 0.6) is 0 Å². The van der Waals surface area contributed by atoms with Gasteiger partial charge in [-0.1, -0.05) is 289 Å². The molecule has 0 aliphatic rings. The summed E-state index contributed by atoms with van der Waals surface area (Å²) in [7, 11) is 0. The molecule has 0 heterocycles. The van der Waals surface area contributed by atoms with Crippen LogP contribution in [-0.2, 0) is 4.79 Å². The van der Waals surface area contributed by atoms with E-state index < -0.39 is 24.2 Å². The van der Waals surface area contributed by atoms with Crippen molar-refractivity contribution in [1.82, 2.24) is 5.32 Å². The maximum Gasteiger partial charge on any atom is 0.249 e. The number of nitrogens with one attached hydrogen (secondary N) is 1. The second-order valence-electron chi connectivity index (χ2n) is 19.5. The monoisotopic (exact) mass is 874 g/mol. The molecular formula is C57H111NO4. The number of allylic oxidation sites excluding steroid dienone is 3. The molecule has 0 radical (unpaired) electrons. The van der Waals surface area contributed by atoms with Crippen LogP contribution in [0.2, 0.25) is 0 Å². The van der Waals surface area contributed by atoms with Gasteiger partial charge in [0.25, 0.3) is 0 Å². The first-order chi connectivity index (χ1) is 30.6. The zero-order chi connectivity index (χ0) is 45.1. The predicted molar refractivity (Wildman–Crippen MR) is 273 cm³/mol. The molecule has 3 unspecified atom stereocenters. The van der Waals surface area contributed by atoms with E-state index in [2.05, 4.69) is 31.3 Å². The van der Waals surface area contributed by atoms with Crippen molar-refractivity contribution in [3.63, 3.8) is 0 Å². The number of unbranched alkanes of at least 4 members (excludes halogenated alkanes) is 42. The van der Waals surface area contributed by atoms with Gasteiger partial charge >= 0.3 is 0 Å². The largest absolute Gasteiger partial charge is 0.394 e. The van der Waals surface area contributed by atoms with Crippen molar-refractivity contribution < 1.29 is 20.1 Å². The lowest BCUT2D eigenvalue weighted by molar-refractivity contribution is -0.131. The van der Waals surface area contributed by atoms with Crippen LogP contribution in [0.25, 0.3) is 0 Å². The number of aliphatic hydroxyl groups is 3. The van der Waals surface area contributed by atoms with Gasteiger partial charge in [0, 0.05) is 0 Å². The van der Waals surface area contributed by atoms with Crippen LogP contribution in [-0.4, -0.2) is 46.1 Å². The Morgan fingerprint density at radius 1 is 0.387 bits per heavy atom. The number of hydrogen-bond donors (Lipinski definition) is 4. The molecule has 0 aliphatic carbocycles. The summed E-state index contributed by atoms with van der Waals surface area (Å²) in [5.41, 5.74) is 0. The first-order valence-corrected chi connectivity index (χ1v) is 28.2.